The van der Waals surface area contributed by atoms with Crippen LogP contribution in [0.2, 0.25) is 0 Å². The molecule has 21 heavy (non-hydrogen) atoms. The molecular weight excluding hydrogens is 300 g/mol. The molecule has 114 valence electrons. The van der Waals surface area contributed by atoms with E-state index in [2.05, 4.69) is 0 Å². The number of hydrogen-bond donors (Lipinski definition) is 1. The number of rotatable bonds is 7. The summed E-state index contributed by atoms with van der Waals surface area (Å²) in [6, 6.07) is 5.24. The van der Waals surface area contributed by atoms with E-state index in [1.807, 2.05) is 0 Å². The Bertz CT molecular complexity index is 668. The van der Waals surface area contributed by atoms with Crippen LogP contribution in [0.4, 0.5) is 5.69 Å². The zero-order valence-corrected chi connectivity index (χ0v) is 11.8. The van der Waals surface area contributed by atoms with Gasteiger partial charge in [-0.15, -0.1) is 0 Å². The Hall–Kier alpha value is -2.00. The van der Waals surface area contributed by atoms with Crippen molar-refractivity contribution >= 4 is 21.7 Å². The van der Waals surface area contributed by atoms with Crippen molar-refractivity contribution in [3.63, 3.8) is 0 Å². The predicted octanol–water partition coefficient (Wildman–Crippen LogP) is 0.974. The number of benzene rings is 1. The van der Waals surface area contributed by atoms with Crippen LogP contribution in [0.5, 0.6) is 0 Å². The molecule has 1 fully saturated rings. The van der Waals surface area contributed by atoms with E-state index < -0.39 is 33.2 Å². The highest BCUT2D eigenvalue weighted by Crippen LogP contribution is 2.31. The molecule has 0 aliphatic heterocycles. The van der Waals surface area contributed by atoms with Crippen molar-refractivity contribution in [1.29, 1.82) is 0 Å². The van der Waals surface area contributed by atoms with E-state index in [4.69, 9.17) is 5.11 Å². The Balaban J connectivity index is 2.28. The summed E-state index contributed by atoms with van der Waals surface area (Å²) >= 11 is 0. The Morgan fingerprint density at radius 2 is 2.00 bits per heavy atom. The van der Waals surface area contributed by atoms with Gasteiger partial charge in [-0.25, -0.2) is 8.42 Å². The first-order valence-electron chi connectivity index (χ1n) is 6.25. The topological polar surface area (TPSA) is 118 Å². The molecule has 1 aromatic carbocycles. The van der Waals surface area contributed by atoms with Gasteiger partial charge in [-0.2, -0.15) is 4.31 Å². The molecule has 0 atom stereocenters. The molecule has 0 unspecified atom stereocenters. The number of hydrogen-bond acceptors (Lipinski definition) is 5. The summed E-state index contributed by atoms with van der Waals surface area (Å²) in [5.41, 5.74) is -0.231. The fourth-order valence-electron chi connectivity index (χ4n) is 2.04. The first kappa shape index (κ1) is 15.4. The van der Waals surface area contributed by atoms with Gasteiger partial charge in [-0.05, 0) is 12.8 Å². The average Bonchev–Trinajstić information content (AvgIpc) is 3.19. The van der Waals surface area contributed by atoms with E-state index in [0.29, 0.717) is 12.8 Å². The molecule has 0 bridgehead atoms. The van der Waals surface area contributed by atoms with Gasteiger partial charge in [-0.1, -0.05) is 18.2 Å². The lowest BCUT2D eigenvalue weighted by molar-refractivity contribution is -0.385. The molecule has 8 nitrogen and oxygen atoms in total. The molecular formula is C12H14N2O6S. The molecule has 0 heterocycles. The zero-order valence-electron chi connectivity index (χ0n) is 11.0. The van der Waals surface area contributed by atoms with Gasteiger partial charge in [0, 0.05) is 17.7 Å². The minimum atomic E-state index is -3.92. The van der Waals surface area contributed by atoms with Crippen LogP contribution in [0.3, 0.4) is 0 Å². The standard InChI is InChI=1S/C12H14N2O6S/c15-12(16)7-13(10-5-6-10)21(19,20)8-9-3-1-2-4-11(9)14(17)18/h1-4,10H,5-8H2,(H,15,16). The summed E-state index contributed by atoms with van der Waals surface area (Å²) in [7, 11) is -3.92. The second kappa shape index (κ2) is 5.78. The third-order valence-electron chi connectivity index (χ3n) is 3.13. The van der Waals surface area contributed by atoms with Crippen LogP contribution in [0.15, 0.2) is 24.3 Å². The number of nitro benzene ring substituents is 1. The number of carboxylic acid groups (broad SMARTS) is 1. The van der Waals surface area contributed by atoms with Crippen LogP contribution >= 0.6 is 0 Å². The average molecular weight is 314 g/mol. The maximum atomic E-state index is 12.3. The molecule has 1 saturated carbocycles. The van der Waals surface area contributed by atoms with Gasteiger partial charge in [0.15, 0.2) is 0 Å². The lowest BCUT2D eigenvalue weighted by atomic mass is 10.2. The molecule has 0 radical (unpaired) electrons. The minimum absolute atomic E-state index is 0.0542. The summed E-state index contributed by atoms with van der Waals surface area (Å²) in [6.07, 6.45) is 1.23. The van der Waals surface area contributed by atoms with Crippen LogP contribution in [0.1, 0.15) is 18.4 Å². The summed E-state index contributed by atoms with van der Waals surface area (Å²) in [6.45, 7) is -0.617. The second-order valence-corrected chi connectivity index (χ2v) is 6.73. The monoisotopic (exact) mass is 314 g/mol. The molecule has 1 aromatic rings. The maximum absolute atomic E-state index is 12.3. The molecule has 0 saturated heterocycles. The Morgan fingerprint density at radius 1 is 1.38 bits per heavy atom. The van der Waals surface area contributed by atoms with Gasteiger partial charge in [0.1, 0.15) is 6.54 Å². The highest BCUT2D eigenvalue weighted by molar-refractivity contribution is 7.88. The fourth-order valence-corrected chi connectivity index (χ4v) is 3.82. The number of aliphatic carboxylic acids is 1. The third kappa shape index (κ3) is 3.76. The number of carbonyl (C=O) groups is 1. The van der Waals surface area contributed by atoms with Crippen molar-refractivity contribution in [2.75, 3.05) is 6.54 Å². The van der Waals surface area contributed by atoms with Crippen molar-refractivity contribution in [1.82, 2.24) is 4.31 Å². The van der Waals surface area contributed by atoms with Crippen LogP contribution in [0, 0.1) is 10.1 Å². The first-order valence-corrected chi connectivity index (χ1v) is 7.86. The lowest BCUT2D eigenvalue weighted by Gasteiger charge is -2.19. The highest BCUT2D eigenvalue weighted by Gasteiger charge is 2.39. The minimum Gasteiger partial charge on any atom is -0.480 e. The molecule has 1 N–H and O–H groups in total. The quantitative estimate of drug-likeness (QED) is 0.592. The molecule has 0 aromatic heterocycles. The largest absolute Gasteiger partial charge is 0.480 e. The molecule has 1 aliphatic rings. The van der Waals surface area contributed by atoms with Gasteiger partial charge < -0.3 is 5.11 Å². The maximum Gasteiger partial charge on any atom is 0.318 e. The van der Waals surface area contributed by atoms with E-state index in [1.54, 1.807) is 0 Å². The van der Waals surface area contributed by atoms with Gasteiger partial charge in [-0.3, -0.25) is 14.9 Å². The number of nitro groups is 1. The van der Waals surface area contributed by atoms with E-state index in [0.717, 1.165) is 4.31 Å². The van der Waals surface area contributed by atoms with Crippen LogP contribution in [-0.2, 0) is 20.6 Å². The lowest BCUT2D eigenvalue weighted by Crippen LogP contribution is -2.38. The summed E-state index contributed by atoms with van der Waals surface area (Å²) in [5, 5.41) is 19.7. The zero-order chi connectivity index (χ0) is 15.6. The van der Waals surface area contributed by atoms with E-state index in [1.165, 1.54) is 24.3 Å². The van der Waals surface area contributed by atoms with Crippen molar-refractivity contribution in [2.24, 2.45) is 0 Å². The smallest absolute Gasteiger partial charge is 0.318 e. The van der Waals surface area contributed by atoms with Crippen molar-refractivity contribution in [3.8, 4) is 0 Å². The second-order valence-electron chi connectivity index (χ2n) is 4.81. The Morgan fingerprint density at radius 3 is 2.52 bits per heavy atom. The van der Waals surface area contributed by atoms with Crippen molar-refractivity contribution in [2.45, 2.75) is 24.6 Å². The molecule has 9 heteroatoms. The van der Waals surface area contributed by atoms with Gasteiger partial charge in [0.25, 0.3) is 5.69 Å². The molecule has 2 rings (SSSR count). The van der Waals surface area contributed by atoms with Crippen LogP contribution in [-0.4, -0.2) is 41.3 Å². The van der Waals surface area contributed by atoms with Gasteiger partial charge in [0.05, 0.1) is 10.7 Å². The summed E-state index contributed by atoms with van der Waals surface area (Å²) < 4.78 is 25.6. The van der Waals surface area contributed by atoms with Crippen molar-refractivity contribution in [3.05, 3.63) is 39.9 Å². The van der Waals surface area contributed by atoms with Crippen LogP contribution < -0.4 is 0 Å². The van der Waals surface area contributed by atoms with Gasteiger partial charge >= 0.3 is 5.97 Å². The summed E-state index contributed by atoms with van der Waals surface area (Å²) in [4.78, 5) is 21.1. The number of nitrogens with zero attached hydrogens (tertiary/aromatic N) is 2. The molecule has 0 amide bonds. The normalized spacial score (nSPS) is 15.1. The van der Waals surface area contributed by atoms with E-state index >= 15 is 0 Å². The number of sulfonamides is 1. The van der Waals surface area contributed by atoms with Crippen molar-refractivity contribution < 1.29 is 23.2 Å². The molecule has 1 aliphatic carbocycles. The SMILES string of the molecule is O=C(O)CN(C1CC1)S(=O)(=O)Cc1ccccc1[N+](=O)[O-]. The predicted molar refractivity (Wildman–Crippen MR) is 73.1 cm³/mol. The van der Waals surface area contributed by atoms with Gasteiger partial charge in [0.2, 0.25) is 10.0 Å². The first-order chi connectivity index (χ1) is 9.81. The third-order valence-corrected chi connectivity index (χ3v) is 4.95. The Labute approximate surface area is 121 Å². The van der Waals surface area contributed by atoms with E-state index in [9.17, 15) is 23.3 Å². The Kier molecular flexibility index (Phi) is 4.24. The van der Waals surface area contributed by atoms with E-state index in [-0.39, 0.29) is 17.3 Å². The summed E-state index contributed by atoms with van der Waals surface area (Å²) in [5.74, 6) is -1.82. The number of para-hydroxylation sites is 1. The molecule has 0 spiro atoms. The fraction of sp³-hybridized carbons (Fsp3) is 0.417. The van der Waals surface area contributed by atoms with Crippen LogP contribution in [0.25, 0.3) is 0 Å². The number of carboxylic acids is 1. The highest BCUT2D eigenvalue weighted by atomic mass is 32.2.